The van der Waals surface area contributed by atoms with Gasteiger partial charge in [0.15, 0.2) is 5.13 Å². The van der Waals surface area contributed by atoms with E-state index in [0.29, 0.717) is 0 Å². The summed E-state index contributed by atoms with van der Waals surface area (Å²) in [4.78, 5) is 8.21. The molecule has 0 aromatic carbocycles. The molecule has 4 heteroatoms. The molecule has 0 amide bonds. The Kier molecular flexibility index (Phi) is 5.45. The molecule has 1 aliphatic rings. The number of aromatic nitrogens is 1. The van der Waals surface area contributed by atoms with Crippen LogP contribution in [0.3, 0.4) is 0 Å². The van der Waals surface area contributed by atoms with Crippen LogP contribution in [0.2, 0.25) is 0 Å². The van der Waals surface area contributed by atoms with Crippen LogP contribution in [0.15, 0.2) is 6.20 Å². The number of thiazole rings is 1. The highest BCUT2D eigenvalue weighted by Gasteiger charge is 2.15. The van der Waals surface area contributed by atoms with E-state index in [2.05, 4.69) is 29.2 Å². The molecule has 0 aliphatic heterocycles. The fraction of sp³-hybridized carbons (Fsp3) is 0.786. The molecular weight excluding hydrogens is 242 g/mol. The number of hydrogen-bond donors (Lipinski definition) is 1. The monoisotopic (exact) mass is 267 g/mol. The van der Waals surface area contributed by atoms with Crippen molar-refractivity contribution in [3.8, 4) is 0 Å². The van der Waals surface area contributed by atoms with Crippen LogP contribution in [0.1, 0.15) is 43.9 Å². The van der Waals surface area contributed by atoms with E-state index in [-0.39, 0.29) is 0 Å². The Bertz CT molecular complexity index is 345. The second-order valence-electron chi connectivity index (χ2n) is 5.36. The van der Waals surface area contributed by atoms with Gasteiger partial charge in [0.25, 0.3) is 0 Å². The lowest BCUT2D eigenvalue weighted by Gasteiger charge is -2.26. The van der Waals surface area contributed by atoms with Crippen molar-refractivity contribution in [1.29, 1.82) is 0 Å². The van der Waals surface area contributed by atoms with Gasteiger partial charge in [-0.15, -0.1) is 11.3 Å². The Morgan fingerprint density at radius 2 is 2.17 bits per heavy atom. The van der Waals surface area contributed by atoms with E-state index in [1.165, 1.54) is 43.5 Å². The minimum atomic E-state index is 0.921. The summed E-state index contributed by atoms with van der Waals surface area (Å²) in [5.74, 6) is 0.921. The third-order valence-electron chi connectivity index (χ3n) is 3.60. The number of rotatable bonds is 6. The quantitative estimate of drug-likeness (QED) is 0.854. The van der Waals surface area contributed by atoms with Gasteiger partial charge in [-0.2, -0.15) is 0 Å². The SMILES string of the molecule is CCNc1ncc(CN(C)CC2CCCCC2)s1. The van der Waals surface area contributed by atoms with Gasteiger partial charge in [0.1, 0.15) is 0 Å². The largest absolute Gasteiger partial charge is 0.362 e. The molecule has 0 radical (unpaired) electrons. The van der Waals surface area contributed by atoms with Gasteiger partial charge in [0, 0.05) is 30.7 Å². The third kappa shape index (κ3) is 4.25. The molecule has 0 unspecified atom stereocenters. The molecule has 1 aromatic rings. The lowest BCUT2D eigenvalue weighted by molar-refractivity contribution is 0.229. The Balaban J connectivity index is 1.76. The van der Waals surface area contributed by atoms with Crippen LogP contribution in [0.4, 0.5) is 5.13 Å². The van der Waals surface area contributed by atoms with Gasteiger partial charge in [0.05, 0.1) is 0 Å². The summed E-state index contributed by atoms with van der Waals surface area (Å²) in [5, 5.41) is 4.33. The van der Waals surface area contributed by atoms with Gasteiger partial charge >= 0.3 is 0 Å². The fourth-order valence-corrected chi connectivity index (χ4v) is 3.72. The first kappa shape index (κ1) is 13.8. The third-order valence-corrected chi connectivity index (χ3v) is 4.54. The van der Waals surface area contributed by atoms with E-state index in [4.69, 9.17) is 0 Å². The van der Waals surface area contributed by atoms with E-state index >= 15 is 0 Å². The van der Waals surface area contributed by atoms with E-state index in [1.54, 1.807) is 11.3 Å². The minimum Gasteiger partial charge on any atom is -0.362 e. The van der Waals surface area contributed by atoms with Gasteiger partial charge < -0.3 is 10.2 Å². The summed E-state index contributed by atoms with van der Waals surface area (Å²) < 4.78 is 0. The van der Waals surface area contributed by atoms with E-state index < -0.39 is 0 Å². The van der Waals surface area contributed by atoms with Crippen molar-refractivity contribution in [2.24, 2.45) is 5.92 Å². The van der Waals surface area contributed by atoms with Crippen LogP contribution < -0.4 is 5.32 Å². The lowest BCUT2D eigenvalue weighted by Crippen LogP contribution is -2.26. The van der Waals surface area contributed by atoms with Crippen LogP contribution in [0.5, 0.6) is 0 Å². The summed E-state index contributed by atoms with van der Waals surface area (Å²) in [6.45, 7) is 5.34. The van der Waals surface area contributed by atoms with Crippen molar-refractivity contribution in [1.82, 2.24) is 9.88 Å². The molecule has 3 nitrogen and oxygen atoms in total. The Labute approximate surface area is 115 Å². The maximum atomic E-state index is 4.39. The first-order valence-corrected chi connectivity index (χ1v) is 7.96. The second kappa shape index (κ2) is 7.10. The Hall–Kier alpha value is -0.610. The number of anilines is 1. The van der Waals surface area contributed by atoms with Crippen molar-refractivity contribution in [3.63, 3.8) is 0 Å². The summed E-state index contributed by atoms with van der Waals surface area (Å²) in [7, 11) is 2.24. The van der Waals surface area contributed by atoms with Crippen molar-refractivity contribution < 1.29 is 0 Å². The summed E-state index contributed by atoms with van der Waals surface area (Å²) in [6, 6.07) is 0. The maximum Gasteiger partial charge on any atom is 0.182 e. The van der Waals surface area contributed by atoms with E-state index in [0.717, 1.165) is 24.1 Å². The van der Waals surface area contributed by atoms with Gasteiger partial charge in [-0.25, -0.2) is 4.98 Å². The molecule has 2 rings (SSSR count). The van der Waals surface area contributed by atoms with Gasteiger partial charge in [0.2, 0.25) is 0 Å². The predicted molar refractivity (Wildman–Crippen MR) is 79.2 cm³/mol. The molecule has 0 spiro atoms. The first-order valence-electron chi connectivity index (χ1n) is 7.15. The minimum absolute atomic E-state index is 0.921. The molecule has 1 fully saturated rings. The normalized spacial score (nSPS) is 17.3. The zero-order valence-corrected chi connectivity index (χ0v) is 12.4. The van der Waals surface area contributed by atoms with Crippen molar-refractivity contribution >= 4 is 16.5 Å². The number of nitrogens with one attached hydrogen (secondary N) is 1. The molecule has 0 atom stereocenters. The molecule has 0 saturated heterocycles. The lowest BCUT2D eigenvalue weighted by atomic mass is 9.89. The van der Waals surface area contributed by atoms with Crippen LogP contribution in [-0.4, -0.2) is 30.0 Å². The van der Waals surface area contributed by atoms with Gasteiger partial charge in [-0.05, 0) is 32.7 Å². The van der Waals surface area contributed by atoms with Crippen LogP contribution in [0, 0.1) is 5.92 Å². The summed E-state index contributed by atoms with van der Waals surface area (Å²) >= 11 is 1.78. The standard InChI is InChI=1S/C14H25N3S/c1-3-15-14-16-9-13(18-14)11-17(2)10-12-7-5-4-6-8-12/h9,12H,3-8,10-11H2,1-2H3,(H,15,16). The molecule has 0 bridgehead atoms. The average Bonchev–Trinajstić information content (AvgIpc) is 2.78. The molecule has 18 heavy (non-hydrogen) atoms. The van der Waals surface area contributed by atoms with Crippen LogP contribution in [0.25, 0.3) is 0 Å². The highest BCUT2D eigenvalue weighted by molar-refractivity contribution is 7.15. The maximum absolute atomic E-state index is 4.39. The van der Waals surface area contributed by atoms with Crippen molar-refractivity contribution in [2.45, 2.75) is 45.6 Å². The Morgan fingerprint density at radius 3 is 2.89 bits per heavy atom. The van der Waals surface area contributed by atoms with Crippen LogP contribution >= 0.6 is 11.3 Å². The molecule has 102 valence electrons. The Morgan fingerprint density at radius 1 is 1.39 bits per heavy atom. The predicted octanol–water partition coefficient (Wildman–Crippen LogP) is 3.59. The molecule has 1 heterocycles. The zero-order chi connectivity index (χ0) is 12.8. The van der Waals surface area contributed by atoms with Crippen molar-refractivity contribution in [3.05, 3.63) is 11.1 Å². The smallest absolute Gasteiger partial charge is 0.182 e. The number of nitrogens with zero attached hydrogens (tertiary/aromatic N) is 2. The second-order valence-corrected chi connectivity index (χ2v) is 6.48. The van der Waals surface area contributed by atoms with Crippen LogP contribution in [-0.2, 0) is 6.54 Å². The topological polar surface area (TPSA) is 28.2 Å². The molecule has 1 saturated carbocycles. The zero-order valence-electron chi connectivity index (χ0n) is 11.6. The van der Waals surface area contributed by atoms with E-state index in [9.17, 15) is 0 Å². The molecule has 1 aliphatic carbocycles. The van der Waals surface area contributed by atoms with Crippen molar-refractivity contribution in [2.75, 3.05) is 25.5 Å². The molecular formula is C14H25N3S. The highest BCUT2D eigenvalue weighted by atomic mass is 32.1. The average molecular weight is 267 g/mol. The van der Waals surface area contributed by atoms with Gasteiger partial charge in [-0.3, -0.25) is 0 Å². The summed E-state index contributed by atoms with van der Waals surface area (Å²) in [6.07, 6.45) is 9.18. The highest BCUT2D eigenvalue weighted by Crippen LogP contribution is 2.25. The number of hydrogen-bond acceptors (Lipinski definition) is 4. The fourth-order valence-electron chi connectivity index (χ4n) is 2.75. The first-order chi connectivity index (χ1) is 8.78. The summed E-state index contributed by atoms with van der Waals surface area (Å²) in [5.41, 5.74) is 0. The molecule has 1 N–H and O–H groups in total. The van der Waals surface area contributed by atoms with E-state index in [1.807, 2.05) is 6.20 Å². The van der Waals surface area contributed by atoms with Gasteiger partial charge in [-0.1, -0.05) is 19.3 Å². The molecule has 1 aromatic heterocycles.